The maximum Gasteiger partial charge on any atom is 0.401 e. The number of methoxy groups -OCH3 is 1. The fourth-order valence-corrected chi connectivity index (χ4v) is 4.06. The number of nitrogens with one attached hydrogen (secondary N) is 2. The summed E-state index contributed by atoms with van der Waals surface area (Å²) in [6.45, 7) is 0.256. The first kappa shape index (κ1) is 26.2. The summed E-state index contributed by atoms with van der Waals surface area (Å²) in [5, 5.41) is 22.4. The van der Waals surface area contributed by atoms with Crippen molar-refractivity contribution in [3.05, 3.63) is 60.2 Å². The molecule has 14 heteroatoms. The number of rotatable bonds is 10. The molecule has 39 heavy (non-hydrogen) atoms. The minimum atomic E-state index is -4.42. The van der Waals surface area contributed by atoms with E-state index in [1.54, 1.807) is 30.7 Å². The first-order valence-electron chi connectivity index (χ1n) is 12.0. The van der Waals surface area contributed by atoms with Gasteiger partial charge in [-0.05, 0) is 24.0 Å². The fourth-order valence-electron chi connectivity index (χ4n) is 4.06. The number of amides is 1. The lowest BCUT2D eigenvalue weighted by molar-refractivity contribution is -0.165. The van der Waals surface area contributed by atoms with Crippen molar-refractivity contribution in [3.63, 3.8) is 0 Å². The molecule has 1 aromatic carbocycles. The summed E-state index contributed by atoms with van der Waals surface area (Å²) < 4.78 is 51.4. The van der Waals surface area contributed by atoms with Gasteiger partial charge in [0.2, 0.25) is 11.9 Å². The van der Waals surface area contributed by atoms with E-state index in [2.05, 4.69) is 30.9 Å². The van der Waals surface area contributed by atoms with E-state index in [0.29, 0.717) is 29.6 Å². The maximum absolute atomic E-state index is 13.3. The van der Waals surface area contributed by atoms with E-state index < -0.39 is 17.5 Å². The molecule has 1 amide bonds. The first-order chi connectivity index (χ1) is 18.7. The summed E-state index contributed by atoms with van der Waals surface area (Å²) in [5.41, 5.74) is 0.818. The van der Waals surface area contributed by atoms with Crippen LogP contribution in [0.3, 0.4) is 0 Å². The zero-order chi connectivity index (χ0) is 27.6. The van der Waals surface area contributed by atoms with Crippen molar-refractivity contribution in [1.82, 2.24) is 24.9 Å². The van der Waals surface area contributed by atoms with Gasteiger partial charge < -0.3 is 25.0 Å². The van der Waals surface area contributed by atoms with Gasteiger partial charge in [0.15, 0.2) is 11.6 Å². The molecule has 0 saturated heterocycles. The highest BCUT2D eigenvalue weighted by Gasteiger charge is 2.66. The van der Waals surface area contributed by atoms with E-state index >= 15 is 0 Å². The average Bonchev–Trinajstić information content (AvgIpc) is 3.47. The Bertz CT molecular complexity index is 1450. The molecule has 4 aromatic rings. The molecule has 1 saturated carbocycles. The Morgan fingerprint density at radius 2 is 1.90 bits per heavy atom. The number of alkyl halides is 3. The highest BCUT2D eigenvalue weighted by molar-refractivity contribution is 5.91. The second-order valence-electron chi connectivity index (χ2n) is 9.04. The van der Waals surface area contributed by atoms with Gasteiger partial charge in [-0.1, -0.05) is 29.4 Å². The van der Waals surface area contributed by atoms with Gasteiger partial charge in [-0.3, -0.25) is 9.48 Å². The number of carbonyl (C=O) groups excluding carboxylic acids is 1. The van der Waals surface area contributed by atoms with Crippen molar-refractivity contribution in [2.75, 3.05) is 24.4 Å². The maximum atomic E-state index is 13.3. The minimum Gasteiger partial charge on any atom is -0.478 e. The van der Waals surface area contributed by atoms with Crippen molar-refractivity contribution < 1.29 is 32.3 Å². The van der Waals surface area contributed by atoms with Crippen LogP contribution in [0.25, 0.3) is 11.1 Å². The number of benzene rings is 1. The van der Waals surface area contributed by atoms with Crippen LogP contribution < -0.4 is 15.4 Å². The zero-order valence-electron chi connectivity index (χ0n) is 20.7. The third-order valence-corrected chi connectivity index (χ3v) is 6.34. The molecule has 1 fully saturated rings. The van der Waals surface area contributed by atoms with Crippen LogP contribution in [-0.4, -0.2) is 55.8 Å². The molecule has 5 rings (SSSR count). The Morgan fingerprint density at radius 1 is 1.18 bits per heavy atom. The highest BCUT2D eigenvalue weighted by Crippen LogP contribution is 2.59. The van der Waals surface area contributed by atoms with Crippen LogP contribution in [0.5, 0.6) is 5.88 Å². The number of nitrogens with zero attached hydrogens (tertiary/aromatic N) is 5. The Kier molecular flexibility index (Phi) is 6.95. The first-order valence-corrected chi connectivity index (χ1v) is 12.0. The van der Waals surface area contributed by atoms with E-state index in [1.807, 2.05) is 12.1 Å². The quantitative estimate of drug-likeness (QED) is 0.272. The van der Waals surface area contributed by atoms with Crippen molar-refractivity contribution in [3.8, 4) is 17.0 Å². The number of aliphatic hydroxyl groups excluding tert-OH is 1. The summed E-state index contributed by atoms with van der Waals surface area (Å²) in [6.07, 6.45) is 0.417. The Morgan fingerprint density at radius 3 is 2.51 bits per heavy atom. The lowest BCUT2D eigenvalue weighted by atomic mass is 10.0. The third kappa shape index (κ3) is 5.55. The fraction of sp³-hybridized carbons (Fsp3) is 0.320. The number of ether oxygens (including phenoxy) is 1. The molecule has 0 unspecified atom stereocenters. The zero-order valence-corrected chi connectivity index (χ0v) is 20.7. The van der Waals surface area contributed by atoms with Crippen LogP contribution in [0.4, 0.5) is 30.6 Å². The van der Waals surface area contributed by atoms with Crippen LogP contribution in [0.1, 0.15) is 24.2 Å². The molecule has 1 aliphatic carbocycles. The van der Waals surface area contributed by atoms with Gasteiger partial charge in [0.05, 0.1) is 32.9 Å². The normalized spacial score (nSPS) is 14.2. The number of aromatic nitrogens is 5. The molecule has 0 atom stereocenters. The number of hydrogen-bond donors (Lipinski definition) is 3. The Labute approximate surface area is 220 Å². The molecule has 204 valence electrons. The monoisotopic (exact) mass is 543 g/mol. The Balaban J connectivity index is 1.18. The largest absolute Gasteiger partial charge is 0.478 e. The lowest BCUT2D eigenvalue weighted by Gasteiger charge is -2.14. The summed E-state index contributed by atoms with van der Waals surface area (Å²) in [5.74, 6) is -0.100. The summed E-state index contributed by atoms with van der Waals surface area (Å²) in [7, 11) is 1.49. The van der Waals surface area contributed by atoms with E-state index in [1.165, 1.54) is 11.8 Å². The molecule has 0 radical (unpaired) electrons. The molecule has 3 N–H and O–H groups in total. The van der Waals surface area contributed by atoms with Gasteiger partial charge in [-0.15, -0.1) is 5.10 Å². The van der Waals surface area contributed by atoms with Gasteiger partial charge >= 0.3 is 6.18 Å². The third-order valence-electron chi connectivity index (χ3n) is 6.34. The number of aliphatic hydroxyl groups is 1. The molecule has 0 aliphatic heterocycles. The lowest BCUT2D eigenvalue weighted by Crippen LogP contribution is -2.28. The molecule has 11 nitrogen and oxygen atoms in total. The number of anilines is 3. The smallest absolute Gasteiger partial charge is 0.401 e. The second kappa shape index (κ2) is 10.4. The van der Waals surface area contributed by atoms with Crippen LogP contribution in [0.15, 0.2) is 53.4 Å². The minimum absolute atomic E-state index is 0.00194. The van der Waals surface area contributed by atoms with Gasteiger partial charge in [-0.2, -0.15) is 13.2 Å². The van der Waals surface area contributed by atoms with E-state index in [4.69, 9.17) is 14.4 Å². The summed E-state index contributed by atoms with van der Waals surface area (Å²) >= 11 is 0. The number of halogens is 3. The van der Waals surface area contributed by atoms with Crippen molar-refractivity contribution in [2.24, 2.45) is 0 Å². The van der Waals surface area contributed by atoms with E-state index in [9.17, 15) is 18.0 Å². The Hall–Kier alpha value is -4.46. The van der Waals surface area contributed by atoms with Gasteiger partial charge in [0, 0.05) is 24.0 Å². The molecule has 0 bridgehead atoms. The summed E-state index contributed by atoms with van der Waals surface area (Å²) in [6, 6.07) is 8.28. The predicted octanol–water partition coefficient (Wildman–Crippen LogP) is 3.85. The van der Waals surface area contributed by atoms with Crippen molar-refractivity contribution >= 4 is 23.4 Å². The van der Waals surface area contributed by atoms with Gasteiger partial charge in [0.25, 0.3) is 5.88 Å². The standard InChI is InChI=1S/C25H24F3N7O4/c1-38-22-18(14-35(33-22)8-9-36)31-23-29-12-17(13-30-23)16-4-2-15(3-5-16)10-21(37)32-20-11-19(39-34-20)24(6-7-24)25(26,27)28/h2-5,11-14,36H,6-10H2,1H3,(H,29,30,31)(H,32,34,37). The van der Waals surface area contributed by atoms with Gasteiger partial charge in [0.1, 0.15) is 11.1 Å². The van der Waals surface area contributed by atoms with Crippen LogP contribution in [-0.2, 0) is 23.2 Å². The number of hydrogen-bond acceptors (Lipinski definition) is 9. The average molecular weight is 544 g/mol. The van der Waals surface area contributed by atoms with E-state index in [-0.39, 0.29) is 37.4 Å². The molecule has 0 spiro atoms. The SMILES string of the molecule is COc1nn(CCO)cc1Nc1ncc(-c2ccc(CC(=O)Nc3cc(C4(C(F)(F)F)CC4)on3)cc2)cn1. The number of carbonyl (C=O) groups is 1. The molecule has 1 aliphatic rings. The van der Waals surface area contributed by atoms with E-state index in [0.717, 1.165) is 17.2 Å². The molecule has 3 heterocycles. The molecular weight excluding hydrogens is 519 g/mol. The molecular formula is C25H24F3N7O4. The summed E-state index contributed by atoms with van der Waals surface area (Å²) in [4.78, 5) is 21.1. The van der Waals surface area contributed by atoms with Crippen molar-refractivity contribution in [1.29, 1.82) is 0 Å². The van der Waals surface area contributed by atoms with Crippen LogP contribution >= 0.6 is 0 Å². The van der Waals surface area contributed by atoms with Crippen LogP contribution in [0.2, 0.25) is 0 Å². The highest BCUT2D eigenvalue weighted by atomic mass is 19.4. The second-order valence-corrected chi connectivity index (χ2v) is 9.04. The molecule has 3 aromatic heterocycles. The predicted molar refractivity (Wildman–Crippen MR) is 132 cm³/mol. The van der Waals surface area contributed by atoms with Crippen LogP contribution in [0, 0.1) is 0 Å². The van der Waals surface area contributed by atoms with Crippen molar-refractivity contribution in [2.45, 2.75) is 37.4 Å². The van der Waals surface area contributed by atoms with Gasteiger partial charge in [-0.25, -0.2) is 9.97 Å². The topological polar surface area (TPSA) is 140 Å².